The normalized spacial score (nSPS) is 10.7. The number of rotatable bonds is 5. The van der Waals surface area contributed by atoms with Crippen molar-refractivity contribution in [1.82, 2.24) is 5.43 Å². The number of aryl methyl sites for hydroxylation is 2. The van der Waals surface area contributed by atoms with Gasteiger partial charge in [0, 0.05) is 5.69 Å². The van der Waals surface area contributed by atoms with E-state index in [0.717, 1.165) is 11.3 Å². The summed E-state index contributed by atoms with van der Waals surface area (Å²) < 4.78 is 5.06. The second kappa shape index (κ2) is 6.56. The molecule has 5 heteroatoms. The van der Waals surface area contributed by atoms with Gasteiger partial charge in [-0.3, -0.25) is 4.79 Å². The van der Waals surface area contributed by atoms with Crippen LogP contribution in [0.5, 0.6) is 0 Å². The highest BCUT2D eigenvalue weighted by Gasteiger charge is 2.02. The van der Waals surface area contributed by atoms with Gasteiger partial charge in [-0.05, 0) is 37.6 Å². The Bertz CT molecular complexity index is 604. The molecule has 0 aliphatic carbocycles. The molecule has 1 heterocycles. The van der Waals surface area contributed by atoms with Crippen molar-refractivity contribution in [3.05, 3.63) is 53.5 Å². The van der Waals surface area contributed by atoms with Crippen molar-refractivity contribution in [2.45, 2.75) is 13.8 Å². The molecular formula is C15H17N3O2. The lowest BCUT2D eigenvalue weighted by atomic mass is 10.1. The predicted molar refractivity (Wildman–Crippen MR) is 78.9 cm³/mol. The Morgan fingerprint density at radius 2 is 2.20 bits per heavy atom. The van der Waals surface area contributed by atoms with E-state index in [1.165, 1.54) is 11.8 Å². The average molecular weight is 271 g/mol. The van der Waals surface area contributed by atoms with Gasteiger partial charge in [-0.15, -0.1) is 0 Å². The van der Waals surface area contributed by atoms with Crippen LogP contribution in [-0.4, -0.2) is 18.7 Å². The highest BCUT2D eigenvalue weighted by Crippen LogP contribution is 2.15. The summed E-state index contributed by atoms with van der Waals surface area (Å²) in [6, 6.07) is 9.54. The minimum atomic E-state index is -0.215. The second-order valence-corrected chi connectivity index (χ2v) is 4.48. The molecule has 0 bridgehead atoms. The number of hydrogen-bond acceptors (Lipinski definition) is 4. The number of benzene rings is 1. The molecule has 2 N–H and O–H groups in total. The molecule has 104 valence electrons. The number of anilines is 1. The monoisotopic (exact) mass is 271 g/mol. The fourth-order valence-electron chi connectivity index (χ4n) is 1.76. The third kappa shape index (κ3) is 3.98. The second-order valence-electron chi connectivity index (χ2n) is 4.48. The van der Waals surface area contributed by atoms with E-state index in [1.54, 1.807) is 18.4 Å². The molecular weight excluding hydrogens is 254 g/mol. The first kappa shape index (κ1) is 13.9. The smallest absolute Gasteiger partial charge is 0.259 e. The van der Waals surface area contributed by atoms with Crippen LogP contribution in [0.3, 0.4) is 0 Å². The van der Waals surface area contributed by atoms with Crippen LogP contribution in [-0.2, 0) is 4.79 Å². The van der Waals surface area contributed by atoms with Crippen LogP contribution >= 0.6 is 0 Å². The maximum absolute atomic E-state index is 11.6. The molecule has 1 amide bonds. The van der Waals surface area contributed by atoms with Crippen LogP contribution < -0.4 is 10.7 Å². The fraction of sp³-hybridized carbons (Fsp3) is 0.200. The average Bonchev–Trinajstić information content (AvgIpc) is 2.91. The van der Waals surface area contributed by atoms with Gasteiger partial charge in [-0.1, -0.05) is 17.7 Å². The zero-order valence-corrected chi connectivity index (χ0v) is 11.5. The number of hydrogen-bond donors (Lipinski definition) is 2. The topological polar surface area (TPSA) is 66.6 Å². The van der Waals surface area contributed by atoms with E-state index in [0.29, 0.717) is 5.76 Å². The summed E-state index contributed by atoms with van der Waals surface area (Å²) in [5.74, 6) is 0.375. The molecule has 0 fully saturated rings. The van der Waals surface area contributed by atoms with Crippen LogP contribution in [0, 0.1) is 13.8 Å². The lowest BCUT2D eigenvalue weighted by Crippen LogP contribution is -2.26. The molecule has 2 aromatic rings. The Kier molecular flexibility index (Phi) is 4.55. The largest absolute Gasteiger partial charge is 0.463 e. The molecule has 0 radical (unpaired) electrons. The van der Waals surface area contributed by atoms with Crippen LogP contribution in [0.1, 0.15) is 16.9 Å². The van der Waals surface area contributed by atoms with E-state index in [9.17, 15) is 4.79 Å². The molecule has 0 aliphatic rings. The third-order valence-corrected chi connectivity index (χ3v) is 2.75. The van der Waals surface area contributed by atoms with E-state index in [1.807, 2.05) is 26.0 Å². The first-order chi connectivity index (χ1) is 9.65. The van der Waals surface area contributed by atoms with Gasteiger partial charge in [0.1, 0.15) is 5.76 Å². The van der Waals surface area contributed by atoms with Crippen LogP contribution in [0.15, 0.2) is 46.1 Å². The molecule has 1 aromatic heterocycles. The molecule has 0 spiro atoms. The molecule has 0 unspecified atom stereocenters. The minimum absolute atomic E-state index is 0.166. The predicted octanol–water partition coefficient (Wildman–Crippen LogP) is 2.46. The lowest BCUT2D eigenvalue weighted by Gasteiger charge is -2.09. The van der Waals surface area contributed by atoms with Crippen molar-refractivity contribution in [1.29, 1.82) is 0 Å². The summed E-state index contributed by atoms with van der Waals surface area (Å²) >= 11 is 0. The summed E-state index contributed by atoms with van der Waals surface area (Å²) in [6.07, 6.45) is 3.00. The summed E-state index contributed by atoms with van der Waals surface area (Å²) in [4.78, 5) is 11.6. The zero-order chi connectivity index (χ0) is 14.4. The zero-order valence-electron chi connectivity index (χ0n) is 11.5. The van der Waals surface area contributed by atoms with Crippen molar-refractivity contribution < 1.29 is 9.21 Å². The highest BCUT2D eigenvalue weighted by atomic mass is 16.3. The van der Waals surface area contributed by atoms with Gasteiger partial charge >= 0.3 is 0 Å². The minimum Gasteiger partial charge on any atom is -0.463 e. The summed E-state index contributed by atoms with van der Waals surface area (Å²) in [5, 5.41) is 6.88. The standard InChI is InChI=1S/C15H17N3O2/c1-11-5-6-14(12(2)8-11)16-10-15(19)18-17-9-13-4-3-7-20-13/h3-9,16H,10H2,1-2H3,(H,18,19)/b17-9-. The maximum atomic E-state index is 11.6. The van der Waals surface area contributed by atoms with Gasteiger partial charge in [0.05, 0.1) is 19.0 Å². The van der Waals surface area contributed by atoms with Crippen LogP contribution in [0.2, 0.25) is 0 Å². The number of carbonyl (C=O) groups excluding carboxylic acids is 1. The van der Waals surface area contributed by atoms with E-state index in [2.05, 4.69) is 21.9 Å². The van der Waals surface area contributed by atoms with Crippen molar-refractivity contribution in [2.75, 3.05) is 11.9 Å². The van der Waals surface area contributed by atoms with Crippen LogP contribution in [0.25, 0.3) is 0 Å². The Balaban J connectivity index is 1.80. The van der Waals surface area contributed by atoms with E-state index in [4.69, 9.17) is 4.42 Å². The number of nitrogens with one attached hydrogen (secondary N) is 2. The van der Waals surface area contributed by atoms with Gasteiger partial charge < -0.3 is 9.73 Å². The van der Waals surface area contributed by atoms with Gasteiger partial charge in [0.15, 0.2) is 0 Å². The van der Waals surface area contributed by atoms with Crippen LogP contribution in [0.4, 0.5) is 5.69 Å². The molecule has 20 heavy (non-hydrogen) atoms. The van der Waals surface area contributed by atoms with Gasteiger partial charge in [0.2, 0.25) is 0 Å². The first-order valence-corrected chi connectivity index (χ1v) is 6.31. The number of furan rings is 1. The number of amides is 1. The molecule has 0 saturated heterocycles. The number of nitrogens with zero attached hydrogens (tertiary/aromatic N) is 1. The maximum Gasteiger partial charge on any atom is 0.259 e. The Morgan fingerprint density at radius 3 is 2.90 bits per heavy atom. The van der Waals surface area contributed by atoms with Gasteiger partial charge in [-0.25, -0.2) is 5.43 Å². The SMILES string of the molecule is Cc1ccc(NCC(=O)N/N=C\c2ccco2)c(C)c1. The van der Waals surface area contributed by atoms with E-state index < -0.39 is 0 Å². The molecule has 0 saturated carbocycles. The Labute approximate surface area is 117 Å². The van der Waals surface area contributed by atoms with Gasteiger partial charge in [0.25, 0.3) is 5.91 Å². The van der Waals surface area contributed by atoms with Crippen molar-refractivity contribution in [2.24, 2.45) is 5.10 Å². The summed E-state index contributed by atoms with van der Waals surface area (Å²) in [7, 11) is 0. The molecule has 1 aromatic carbocycles. The van der Waals surface area contributed by atoms with E-state index >= 15 is 0 Å². The summed E-state index contributed by atoms with van der Waals surface area (Å²) in [6.45, 7) is 4.20. The fourth-order valence-corrected chi connectivity index (χ4v) is 1.76. The van der Waals surface area contributed by atoms with E-state index in [-0.39, 0.29) is 12.5 Å². The molecule has 2 rings (SSSR count). The quantitative estimate of drug-likeness (QED) is 0.648. The number of carbonyl (C=O) groups is 1. The molecule has 0 aliphatic heterocycles. The number of hydrazone groups is 1. The Morgan fingerprint density at radius 1 is 1.35 bits per heavy atom. The van der Waals surface area contributed by atoms with Crippen molar-refractivity contribution >= 4 is 17.8 Å². The van der Waals surface area contributed by atoms with Crippen molar-refractivity contribution in [3.8, 4) is 0 Å². The molecule has 0 atom stereocenters. The third-order valence-electron chi connectivity index (χ3n) is 2.75. The Hall–Kier alpha value is -2.56. The van der Waals surface area contributed by atoms with Gasteiger partial charge in [-0.2, -0.15) is 5.10 Å². The lowest BCUT2D eigenvalue weighted by molar-refractivity contribution is -0.119. The first-order valence-electron chi connectivity index (χ1n) is 6.31. The summed E-state index contributed by atoms with van der Waals surface area (Å²) in [5.41, 5.74) is 5.68. The van der Waals surface area contributed by atoms with Crippen molar-refractivity contribution in [3.63, 3.8) is 0 Å². The molecule has 5 nitrogen and oxygen atoms in total. The highest BCUT2D eigenvalue weighted by molar-refractivity contribution is 5.83.